The lowest BCUT2D eigenvalue weighted by atomic mass is 9.86. The summed E-state index contributed by atoms with van der Waals surface area (Å²) in [7, 11) is 0. The lowest BCUT2D eigenvalue weighted by Gasteiger charge is -2.31. The van der Waals surface area contributed by atoms with Gasteiger partial charge in [-0.3, -0.25) is 5.14 Å². The Bertz CT molecular complexity index is 106. The van der Waals surface area contributed by atoms with Gasteiger partial charge in [0.1, 0.15) is 0 Å². The fourth-order valence-corrected chi connectivity index (χ4v) is 1.86. The van der Waals surface area contributed by atoms with Gasteiger partial charge in [0.15, 0.2) is 0 Å². The monoisotopic (exact) mass is 161 g/mol. The maximum absolute atomic E-state index is 9.54. The third kappa shape index (κ3) is 2.15. The van der Waals surface area contributed by atoms with Crippen molar-refractivity contribution >= 4 is 11.9 Å². The highest BCUT2D eigenvalue weighted by Crippen LogP contribution is 2.31. The maximum Gasteiger partial charge on any atom is 0.0620 e. The van der Waals surface area contributed by atoms with Crippen molar-refractivity contribution in [2.75, 3.05) is 0 Å². The van der Waals surface area contributed by atoms with Crippen LogP contribution in [0, 0.1) is 0 Å². The first-order chi connectivity index (χ1) is 4.64. The Morgan fingerprint density at radius 1 is 1.50 bits per heavy atom. The van der Waals surface area contributed by atoms with E-state index in [1.807, 2.05) is 6.92 Å². The van der Waals surface area contributed by atoms with Crippen LogP contribution in [0.4, 0.5) is 0 Å². The van der Waals surface area contributed by atoms with Gasteiger partial charge in [-0.25, -0.2) is 0 Å². The molecule has 1 aliphatic carbocycles. The Labute approximate surface area is 66.3 Å². The summed E-state index contributed by atoms with van der Waals surface area (Å²) in [4.78, 5) is 0. The van der Waals surface area contributed by atoms with Gasteiger partial charge in [0.05, 0.1) is 5.60 Å². The zero-order valence-corrected chi connectivity index (χ0v) is 7.16. The van der Waals surface area contributed by atoms with E-state index < -0.39 is 5.60 Å². The molecule has 0 saturated heterocycles. The Kier molecular flexibility index (Phi) is 2.61. The van der Waals surface area contributed by atoms with E-state index in [0.29, 0.717) is 5.25 Å². The predicted molar refractivity (Wildman–Crippen MR) is 44.7 cm³/mol. The largest absolute Gasteiger partial charge is 0.390 e. The minimum absolute atomic E-state index is 0.410. The van der Waals surface area contributed by atoms with Crippen molar-refractivity contribution in [3.05, 3.63) is 0 Å². The summed E-state index contributed by atoms with van der Waals surface area (Å²) in [5.41, 5.74) is -0.410. The standard InChI is InChI=1S/C7H15NOS/c1-7(9)4-2-6(10-8)3-5-7/h6,9H,2-5,8H2,1H3. The van der Waals surface area contributed by atoms with Crippen LogP contribution in [0.2, 0.25) is 0 Å². The van der Waals surface area contributed by atoms with Crippen LogP contribution in [-0.4, -0.2) is 16.0 Å². The average molecular weight is 161 g/mol. The molecule has 0 aromatic heterocycles. The number of aliphatic hydroxyl groups is 1. The molecule has 0 aromatic carbocycles. The van der Waals surface area contributed by atoms with E-state index in [-0.39, 0.29) is 0 Å². The van der Waals surface area contributed by atoms with E-state index in [1.54, 1.807) is 0 Å². The molecule has 0 radical (unpaired) electrons. The lowest BCUT2D eigenvalue weighted by molar-refractivity contribution is 0.0240. The highest BCUT2D eigenvalue weighted by atomic mass is 32.2. The van der Waals surface area contributed by atoms with E-state index in [9.17, 15) is 5.11 Å². The van der Waals surface area contributed by atoms with Crippen molar-refractivity contribution < 1.29 is 5.11 Å². The van der Waals surface area contributed by atoms with Gasteiger partial charge in [-0.1, -0.05) is 11.9 Å². The van der Waals surface area contributed by atoms with Crippen LogP contribution in [0.5, 0.6) is 0 Å². The van der Waals surface area contributed by atoms with Crippen molar-refractivity contribution in [2.24, 2.45) is 5.14 Å². The quantitative estimate of drug-likeness (QED) is 0.570. The van der Waals surface area contributed by atoms with E-state index >= 15 is 0 Å². The van der Waals surface area contributed by atoms with E-state index in [1.165, 1.54) is 11.9 Å². The van der Waals surface area contributed by atoms with Crippen molar-refractivity contribution in [1.82, 2.24) is 0 Å². The van der Waals surface area contributed by atoms with Crippen LogP contribution in [0.3, 0.4) is 0 Å². The number of hydrogen-bond acceptors (Lipinski definition) is 3. The normalized spacial score (nSPS) is 41.7. The first-order valence-electron chi connectivity index (χ1n) is 3.72. The van der Waals surface area contributed by atoms with E-state index in [4.69, 9.17) is 5.14 Å². The molecule has 2 nitrogen and oxygen atoms in total. The molecule has 0 unspecified atom stereocenters. The summed E-state index contributed by atoms with van der Waals surface area (Å²) < 4.78 is 0. The summed E-state index contributed by atoms with van der Waals surface area (Å²) in [6.45, 7) is 1.91. The zero-order chi connectivity index (χ0) is 7.61. The zero-order valence-electron chi connectivity index (χ0n) is 6.34. The van der Waals surface area contributed by atoms with Crippen molar-refractivity contribution in [3.8, 4) is 0 Å². The molecule has 0 aromatic rings. The summed E-state index contributed by atoms with van der Waals surface area (Å²) in [6.07, 6.45) is 3.94. The van der Waals surface area contributed by atoms with Gasteiger partial charge in [0.2, 0.25) is 0 Å². The second-order valence-corrected chi connectivity index (χ2v) is 4.27. The molecule has 1 fully saturated rings. The third-order valence-corrected chi connectivity index (χ3v) is 3.06. The number of nitrogens with two attached hydrogens (primary N) is 1. The average Bonchev–Trinajstić information content (AvgIpc) is 1.88. The third-order valence-electron chi connectivity index (χ3n) is 2.20. The molecule has 0 aliphatic heterocycles. The summed E-state index contributed by atoms with van der Waals surface area (Å²) in [6, 6.07) is 0. The Morgan fingerprint density at radius 3 is 2.40 bits per heavy atom. The van der Waals surface area contributed by atoms with Crippen LogP contribution >= 0.6 is 11.9 Å². The molecule has 1 rings (SSSR count). The molecule has 0 heterocycles. The van der Waals surface area contributed by atoms with Crippen LogP contribution < -0.4 is 5.14 Å². The first-order valence-corrected chi connectivity index (χ1v) is 4.66. The molecule has 3 N–H and O–H groups in total. The van der Waals surface area contributed by atoms with Crippen molar-refractivity contribution in [2.45, 2.75) is 43.5 Å². The second-order valence-electron chi connectivity index (χ2n) is 3.33. The minimum Gasteiger partial charge on any atom is -0.390 e. The van der Waals surface area contributed by atoms with Crippen LogP contribution in [0.1, 0.15) is 32.6 Å². The molecule has 0 spiro atoms. The molecule has 0 bridgehead atoms. The van der Waals surface area contributed by atoms with Gasteiger partial charge < -0.3 is 5.11 Å². The summed E-state index contributed by atoms with van der Waals surface area (Å²) in [5.74, 6) is 0. The van der Waals surface area contributed by atoms with Gasteiger partial charge in [0.25, 0.3) is 0 Å². The van der Waals surface area contributed by atoms with Crippen molar-refractivity contribution in [3.63, 3.8) is 0 Å². The van der Waals surface area contributed by atoms with Crippen LogP contribution in [0.15, 0.2) is 0 Å². The van der Waals surface area contributed by atoms with E-state index in [0.717, 1.165) is 25.7 Å². The Balaban J connectivity index is 2.31. The van der Waals surface area contributed by atoms with Gasteiger partial charge >= 0.3 is 0 Å². The fourth-order valence-electron chi connectivity index (χ4n) is 1.35. The Morgan fingerprint density at radius 2 is 2.00 bits per heavy atom. The molecule has 0 atom stereocenters. The SMILES string of the molecule is CC1(O)CCC(SN)CC1. The van der Waals surface area contributed by atoms with Crippen LogP contribution in [-0.2, 0) is 0 Å². The molecular formula is C7H15NOS. The number of rotatable bonds is 1. The molecule has 1 saturated carbocycles. The molecule has 0 amide bonds. The highest BCUT2D eigenvalue weighted by Gasteiger charge is 2.28. The fraction of sp³-hybridized carbons (Fsp3) is 1.00. The maximum atomic E-state index is 9.54. The van der Waals surface area contributed by atoms with Gasteiger partial charge in [-0.2, -0.15) is 0 Å². The number of hydrogen-bond donors (Lipinski definition) is 2. The van der Waals surface area contributed by atoms with Crippen molar-refractivity contribution in [1.29, 1.82) is 0 Å². The smallest absolute Gasteiger partial charge is 0.0620 e. The predicted octanol–water partition coefficient (Wildman–Crippen LogP) is 1.29. The minimum atomic E-state index is -0.410. The molecule has 60 valence electrons. The summed E-state index contributed by atoms with van der Waals surface area (Å²) in [5, 5.41) is 15.5. The highest BCUT2D eigenvalue weighted by molar-refractivity contribution is 7.97. The summed E-state index contributed by atoms with van der Waals surface area (Å²) >= 11 is 1.44. The molecule has 1 aliphatic rings. The van der Waals surface area contributed by atoms with Gasteiger partial charge in [-0.15, -0.1) is 0 Å². The van der Waals surface area contributed by atoms with Gasteiger partial charge in [-0.05, 0) is 32.6 Å². The second kappa shape index (κ2) is 3.11. The van der Waals surface area contributed by atoms with Gasteiger partial charge in [0, 0.05) is 5.25 Å². The van der Waals surface area contributed by atoms with E-state index in [2.05, 4.69) is 0 Å². The Hall–Kier alpha value is 0.270. The van der Waals surface area contributed by atoms with Crippen LogP contribution in [0.25, 0.3) is 0 Å². The lowest BCUT2D eigenvalue weighted by Crippen LogP contribution is -2.31. The molecule has 10 heavy (non-hydrogen) atoms. The topological polar surface area (TPSA) is 46.2 Å². The molecular weight excluding hydrogens is 146 g/mol. The molecule has 3 heteroatoms. The first kappa shape index (κ1) is 8.37.